The molecule has 1 heterocycles. The molecule has 1 aromatic heterocycles. The summed E-state index contributed by atoms with van der Waals surface area (Å²) in [4.78, 5) is 37.3. The summed E-state index contributed by atoms with van der Waals surface area (Å²) >= 11 is 7.50. The third kappa shape index (κ3) is 4.74. The highest BCUT2D eigenvalue weighted by Gasteiger charge is 2.35. The fourth-order valence-corrected chi connectivity index (χ4v) is 4.57. The Labute approximate surface area is 183 Å². The smallest absolute Gasteiger partial charge is 0.342 e. The zero-order valence-corrected chi connectivity index (χ0v) is 18.1. The van der Waals surface area contributed by atoms with Gasteiger partial charge in [0.05, 0.1) is 17.9 Å². The Morgan fingerprint density at radius 1 is 1.13 bits per heavy atom. The molecule has 0 fully saturated rings. The van der Waals surface area contributed by atoms with Crippen molar-refractivity contribution in [2.75, 3.05) is 5.32 Å². The number of amides is 1. The predicted molar refractivity (Wildman–Crippen MR) is 117 cm³/mol. The molecule has 158 valence electrons. The molecule has 0 unspecified atom stereocenters. The highest BCUT2D eigenvalue weighted by atomic mass is 35.5. The Balaban J connectivity index is 1.97. The number of allylic oxidation sites excluding steroid dienone is 2. The van der Waals surface area contributed by atoms with Gasteiger partial charge in [0.2, 0.25) is 5.91 Å². The number of thiophene rings is 1. The maximum Gasteiger partial charge on any atom is 0.342 e. The van der Waals surface area contributed by atoms with Crippen LogP contribution < -0.4 is 5.32 Å². The minimum absolute atomic E-state index is 0.216. The number of carboxylic acids is 1. The Hall–Kier alpha value is -2.64. The first-order chi connectivity index (χ1) is 14.3. The van der Waals surface area contributed by atoms with E-state index in [4.69, 9.17) is 16.3 Å². The zero-order valence-electron chi connectivity index (χ0n) is 16.6. The second-order valence-electron chi connectivity index (χ2n) is 7.27. The summed E-state index contributed by atoms with van der Waals surface area (Å²) in [5, 5.41) is 14.7. The molecule has 8 heteroatoms. The van der Waals surface area contributed by atoms with E-state index in [1.807, 2.05) is 0 Å². The molecule has 0 saturated heterocycles. The molecule has 0 saturated carbocycles. The van der Waals surface area contributed by atoms with E-state index in [1.165, 1.54) is 11.3 Å². The molecule has 0 spiro atoms. The molecular formula is C22H22ClNO5S. The molecule has 2 N–H and O–H groups in total. The average Bonchev–Trinajstić information content (AvgIpc) is 3.11. The van der Waals surface area contributed by atoms with E-state index < -0.39 is 29.7 Å². The summed E-state index contributed by atoms with van der Waals surface area (Å²) in [5.41, 5.74) is 1.42. The average molecular weight is 448 g/mol. The lowest BCUT2D eigenvalue weighted by atomic mass is 9.82. The number of hydrogen-bond donors (Lipinski definition) is 2. The number of benzene rings is 1. The van der Waals surface area contributed by atoms with Crippen molar-refractivity contribution in [3.05, 3.63) is 52.4 Å². The van der Waals surface area contributed by atoms with Crippen LogP contribution in [0.1, 0.15) is 37.0 Å². The van der Waals surface area contributed by atoms with Gasteiger partial charge in [0, 0.05) is 21.5 Å². The summed E-state index contributed by atoms with van der Waals surface area (Å²) in [6.45, 7) is 3.48. The third-order valence-electron chi connectivity index (χ3n) is 4.83. The molecular weight excluding hydrogens is 426 g/mol. The number of esters is 1. The minimum Gasteiger partial charge on any atom is -0.481 e. The van der Waals surface area contributed by atoms with Gasteiger partial charge in [-0.2, -0.15) is 0 Å². The van der Waals surface area contributed by atoms with Crippen molar-refractivity contribution >= 4 is 45.8 Å². The molecule has 2 aromatic rings. The number of carbonyl (C=O) groups is 3. The van der Waals surface area contributed by atoms with E-state index >= 15 is 0 Å². The summed E-state index contributed by atoms with van der Waals surface area (Å²) in [6, 6.07) is 7.10. The van der Waals surface area contributed by atoms with Gasteiger partial charge >= 0.3 is 11.9 Å². The summed E-state index contributed by atoms with van der Waals surface area (Å²) in [6.07, 6.45) is 3.86. The minimum atomic E-state index is -1.01. The van der Waals surface area contributed by atoms with E-state index in [2.05, 4.69) is 5.32 Å². The molecule has 1 amide bonds. The maximum absolute atomic E-state index is 12.9. The molecule has 3 rings (SSSR count). The first kappa shape index (κ1) is 22.1. The quantitative estimate of drug-likeness (QED) is 0.466. The normalized spacial score (nSPS) is 18.3. The van der Waals surface area contributed by atoms with Crippen molar-refractivity contribution < 1.29 is 24.2 Å². The van der Waals surface area contributed by atoms with E-state index in [0.717, 1.165) is 0 Å². The van der Waals surface area contributed by atoms with Crippen LogP contribution in [-0.4, -0.2) is 29.1 Å². The molecule has 1 aliphatic carbocycles. The van der Waals surface area contributed by atoms with E-state index in [-0.39, 0.29) is 11.7 Å². The number of rotatable bonds is 6. The second kappa shape index (κ2) is 9.45. The van der Waals surface area contributed by atoms with Gasteiger partial charge in [0.15, 0.2) is 0 Å². The van der Waals surface area contributed by atoms with Crippen LogP contribution in [0.2, 0.25) is 5.02 Å². The van der Waals surface area contributed by atoms with Crippen molar-refractivity contribution in [2.24, 2.45) is 11.8 Å². The van der Waals surface area contributed by atoms with Gasteiger partial charge in [-0.3, -0.25) is 9.59 Å². The molecule has 1 aliphatic rings. The number of carbonyl (C=O) groups excluding carboxylic acids is 2. The van der Waals surface area contributed by atoms with Crippen LogP contribution in [0.15, 0.2) is 41.8 Å². The highest BCUT2D eigenvalue weighted by molar-refractivity contribution is 7.15. The molecule has 0 radical (unpaired) electrons. The van der Waals surface area contributed by atoms with E-state index in [0.29, 0.717) is 34.0 Å². The van der Waals surface area contributed by atoms with Crippen LogP contribution in [0.4, 0.5) is 5.00 Å². The number of hydrogen-bond acceptors (Lipinski definition) is 5. The molecule has 0 aliphatic heterocycles. The maximum atomic E-state index is 12.9. The van der Waals surface area contributed by atoms with Crippen LogP contribution >= 0.6 is 22.9 Å². The third-order valence-corrected chi connectivity index (χ3v) is 6.05. The Bertz CT molecular complexity index is 997. The lowest BCUT2D eigenvalue weighted by molar-refractivity contribution is -0.146. The van der Waals surface area contributed by atoms with Crippen LogP contribution in [-0.2, 0) is 14.3 Å². The first-order valence-corrected chi connectivity index (χ1v) is 10.8. The van der Waals surface area contributed by atoms with Crippen molar-refractivity contribution in [3.63, 3.8) is 0 Å². The monoisotopic (exact) mass is 447 g/mol. The van der Waals surface area contributed by atoms with Gasteiger partial charge in [-0.05, 0) is 32.8 Å². The number of anilines is 1. The van der Waals surface area contributed by atoms with Gasteiger partial charge in [-0.1, -0.05) is 42.0 Å². The van der Waals surface area contributed by atoms with Crippen LogP contribution in [0, 0.1) is 11.8 Å². The van der Waals surface area contributed by atoms with Crippen molar-refractivity contribution in [2.45, 2.75) is 32.8 Å². The molecule has 0 bridgehead atoms. The van der Waals surface area contributed by atoms with Crippen molar-refractivity contribution in [3.8, 4) is 11.1 Å². The van der Waals surface area contributed by atoms with E-state index in [1.54, 1.807) is 55.6 Å². The fourth-order valence-electron chi connectivity index (χ4n) is 3.38. The number of carboxylic acid groups (broad SMARTS) is 1. The number of ether oxygens (including phenoxy) is 1. The van der Waals surface area contributed by atoms with Crippen LogP contribution in [0.25, 0.3) is 11.1 Å². The highest BCUT2D eigenvalue weighted by Crippen LogP contribution is 2.40. The van der Waals surface area contributed by atoms with Crippen LogP contribution in [0.5, 0.6) is 0 Å². The van der Waals surface area contributed by atoms with Crippen LogP contribution in [0.3, 0.4) is 0 Å². The van der Waals surface area contributed by atoms with Gasteiger partial charge in [-0.15, -0.1) is 11.3 Å². The fraction of sp³-hybridized carbons (Fsp3) is 0.318. The second-order valence-corrected chi connectivity index (χ2v) is 8.56. The lowest BCUT2D eigenvalue weighted by Crippen LogP contribution is -2.34. The Morgan fingerprint density at radius 2 is 1.80 bits per heavy atom. The first-order valence-electron chi connectivity index (χ1n) is 9.55. The molecule has 2 atom stereocenters. The van der Waals surface area contributed by atoms with Gasteiger partial charge < -0.3 is 15.2 Å². The lowest BCUT2D eigenvalue weighted by Gasteiger charge is -2.24. The molecule has 1 aromatic carbocycles. The van der Waals surface area contributed by atoms with Gasteiger partial charge in [0.25, 0.3) is 0 Å². The number of aliphatic carboxylic acids is 1. The van der Waals surface area contributed by atoms with Crippen molar-refractivity contribution in [1.82, 2.24) is 0 Å². The number of nitrogens with one attached hydrogen (secondary N) is 1. The predicted octanol–water partition coefficient (Wildman–Crippen LogP) is 5.24. The molecule has 6 nitrogen and oxygen atoms in total. The summed E-state index contributed by atoms with van der Waals surface area (Å²) in [7, 11) is 0. The topological polar surface area (TPSA) is 92.7 Å². The van der Waals surface area contributed by atoms with Gasteiger partial charge in [0.1, 0.15) is 10.6 Å². The SMILES string of the molecule is CC(C)OC(=O)c1c(-c2ccccc2Cl)csc1NC(=O)[C@H]1CC=CC[C@H]1C(=O)O. The standard InChI is InChI=1S/C22H22ClNO5S/c1-12(2)29-22(28)18-16(13-7-5-6-10-17(13)23)11-30-20(18)24-19(25)14-8-3-4-9-15(14)21(26)27/h3-7,10-12,14-15H,8-9H2,1-2H3,(H,24,25)(H,26,27)/t14-,15+/m0/s1. The summed E-state index contributed by atoms with van der Waals surface area (Å²) in [5.74, 6) is -3.54. The largest absolute Gasteiger partial charge is 0.481 e. The Kier molecular flexibility index (Phi) is 6.95. The van der Waals surface area contributed by atoms with E-state index in [9.17, 15) is 19.5 Å². The number of halogens is 1. The van der Waals surface area contributed by atoms with Crippen molar-refractivity contribution in [1.29, 1.82) is 0 Å². The Morgan fingerprint density at radius 3 is 2.43 bits per heavy atom. The molecule has 30 heavy (non-hydrogen) atoms. The summed E-state index contributed by atoms with van der Waals surface area (Å²) < 4.78 is 5.39. The zero-order chi connectivity index (χ0) is 21.8. The van der Waals surface area contributed by atoms with Gasteiger partial charge in [-0.25, -0.2) is 4.79 Å².